The second kappa shape index (κ2) is 14.0. The lowest BCUT2D eigenvalue weighted by Crippen LogP contribution is -2.49. The van der Waals surface area contributed by atoms with Crippen molar-refractivity contribution < 1.29 is 18.7 Å². The number of hydrogen-bond donors (Lipinski definition) is 1. The van der Waals surface area contributed by atoms with E-state index in [0.717, 1.165) is 67.6 Å². The zero-order valence-corrected chi connectivity index (χ0v) is 26.3. The lowest BCUT2D eigenvalue weighted by Gasteiger charge is -2.39. The fraction of sp³-hybridized carbons (Fsp3) is 0.424. The molecule has 0 spiro atoms. The third-order valence-electron chi connectivity index (χ3n) is 8.35. The summed E-state index contributed by atoms with van der Waals surface area (Å²) < 4.78 is 28.6. The molecule has 0 bridgehead atoms. The molecule has 2 saturated heterocycles. The van der Waals surface area contributed by atoms with E-state index in [9.17, 15) is 9.59 Å². The molecule has 2 aliphatic rings. The molecule has 1 amide bonds. The molecule has 0 unspecified atom stereocenters. The normalized spacial score (nSPS) is 16.6. The number of aromatic nitrogens is 4. The van der Waals surface area contributed by atoms with E-state index >= 15 is 4.39 Å². The van der Waals surface area contributed by atoms with E-state index in [1.807, 2.05) is 12.1 Å². The van der Waals surface area contributed by atoms with Gasteiger partial charge in [-0.3, -0.25) is 9.36 Å². The van der Waals surface area contributed by atoms with Crippen molar-refractivity contribution in [3.8, 4) is 22.1 Å². The minimum Gasteiger partial charge on any atom is -0.457 e. The molecule has 2 aromatic carbocycles. The number of hydrogen-bond acceptors (Lipinski definition) is 9. The Morgan fingerprint density at radius 1 is 1.11 bits per heavy atom. The van der Waals surface area contributed by atoms with E-state index in [0.29, 0.717) is 23.3 Å². The van der Waals surface area contributed by atoms with Gasteiger partial charge in [0.25, 0.3) is 5.91 Å². The van der Waals surface area contributed by atoms with Gasteiger partial charge in [-0.2, -0.15) is 0 Å². The molecule has 4 heterocycles. The van der Waals surface area contributed by atoms with Gasteiger partial charge in [0.1, 0.15) is 27.3 Å². The van der Waals surface area contributed by atoms with Gasteiger partial charge < -0.3 is 19.7 Å². The van der Waals surface area contributed by atoms with Crippen molar-refractivity contribution in [2.24, 2.45) is 0 Å². The summed E-state index contributed by atoms with van der Waals surface area (Å²) in [4.78, 5) is 32.0. The maximum Gasteiger partial charge on any atom is 0.347 e. The van der Waals surface area contributed by atoms with Crippen molar-refractivity contribution >= 4 is 17.2 Å². The predicted molar refractivity (Wildman–Crippen MR) is 169 cm³/mol. The number of benzene rings is 2. The first-order valence-corrected chi connectivity index (χ1v) is 16.2. The molecule has 0 radical (unpaired) electrons. The highest BCUT2D eigenvalue weighted by atomic mass is 32.1. The molecule has 2 aliphatic heterocycles. The Hall–Kier alpha value is -4.00. The van der Waals surface area contributed by atoms with Gasteiger partial charge in [0.05, 0.1) is 12.1 Å². The number of nitrogens with zero attached hydrogens (tertiary/aromatic N) is 5. The summed E-state index contributed by atoms with van der Waals surface area (Å²) in [5.74, 6) is -0.110. The predicted octanol–water partition coefficient (Wildman–Crippen LogP) is 5.24. The number of halogens is 1. The Morgan fingerprint density at radius 3 is 2.56 bits per heavy atom. The summed E-state index contributed by atoms with van der Waals surface area (Å²) in [6.45, 7) is 7.53. The fourth-order valence-corrected chi connectivity index (χ4v) is 6.63. The zero-order valence-electron chi connectivity index (χ0n) is 25.4. The van der Waals surface area contributed by atoms with Crippen molar-refractivity contribution in [3.05, 3.63) is 87.3 Å². The van der Waals surface area contributed by atoms with Gasteiger partial charge in [0, 0.05) is 67.8 Å². The van der Waals surface area contributed by atoms with E-state index < -0.39 is 17.4 Å². The van der Waals surface area contributed by atoms with Crippen LogP contribution in [0.25, 0.3) is 10.6 Å². The molecule has 45 heavy (non-hydrogen) atoms. The highest BCUT2D eigenvalue weighted by Gasteiger charge is 2.28. The molecule has 1 N–H and O–H groups in total. The van der Waals surface area contributed by atoms with Gasteiger partial charge in [0.2, 0.25) is 0 Å². The van der Waals surface area contributed by atoms with Gasteiger partial charge in [0.15, 0.2) is 0 Å². The topological polar surface area (TPSA) is 111 Å². The summed E-state index contributed by atoms with van der Waals surface area (Å²) in [5.41, 5.74) is 0.723. The fourth-order valence-electron chi connectivity index (χ4n) is 5.78. The number of rotatable bonds is 9. The van der Waals surface area contributed by atoms with Crippen LogP contribution >= 0.6 is 11.3 Å². The summed E-state index contributed by atoms with van der Waals surface area (Å²) in [6, 6.07) is 12.1. The van der Waals surface area contributed by atoms with Crippen LogP contribution in [0.4, 0.5) is 4.39 Å². The third-order valence-corrected chi connectivity index (χ3v) is 9.63. The molecule has 12 heteroatoms. The summed E-state index contributed by atoms with van der Waals surface area (Å²) in [6.07, 6.45) is 6.65. The van der Waals surface area contributed by atoms with Crippen LogP contribution in [0.2, 0.25) is 0 Å². The standard InChI is InChI=1S/C33H37FN6O4S/c1-21(2)31-37-38-32(45-31)22-4-6-26(7-5-22)44-29-19-27(28(34)18-23(29)20-40-13-3-12-35-33(40)42)30(41)36-24-8-14-39(15-9-24)25-10-16-43-17-11-25/h3-7,12-13,18-19,21,24-25H,8-11,14-17,20H2,1-2H3,(H,36,41). The molecular formula is C33H37FN6O4S. The number of carbonyl (C=O) groups excluding carboxylic acids is 1. The number of ether oxygens (including phenoxy) is 2. The Kier molecular flexibility index (Phi) is 9.62. The maximum atomic E-state index is 15.5. The maximum absolute atomic E-state index is 15.5. The van der Waals surface area contributed by atoms with Gasteiger partial charge in [-0.05, 0) is 68.1 Å². The van der Waals surface area contributed by atoms with Crippen LogP contribution in [-0.2, 0) is 11.3 Å². The second-order valence-corrected chi connectivity index (χ2v) is 12.8. The Morgan fingerprint density at radius 2 is 1.87 bits per heavy atom. The Labute approximate surface area is 265 Å². The smallest absolute Gasteiger partial charge is 0.347 e. The van der Waals surface area contributed by atoms with Crippen LogP contribution in [-0.4, -0.2) is 68.9 Å². The van der Waals surface area contributed by atoms with Gasteiger partial charge in [-0.1, -0.05) is 25.2 Å². The molecular weight excluding hydrogens is 595 g/mol. The number of likely N-dealkylation sites (tertiary alicyclic amines) is 1. The second-order valence-electron chi connectivity index (χ2n) is 11.8. The van der Waals surface area contributed by atoms with Crippen LogP contribution in [0.5, 0.6) is 11.5 Å². The zero-order chi connectivity index (χ0) is 31.3. The van der Waals surface area contributed by atoms with Crippen molar-refractivity contribution in [3.63, 3.8) is 0 Å². The van der Waals surface area contributed by atoms with E-state index in [1.165, 1.54) is 22.9 Å². The monoisotopic (exact) mass is 632 g/mol. The third kappa shape index (κ3) is 7.46. The van der Waals surface area contributed by atoms with Crippen LogP contribution in [0.15, 0.2) is 59.7 Å². The Balaban J connectivity index is 1.21. The van der Waals surface area contributed by atoms with Crippen LogP contribution in [0.3, 0.4) is 0 Å². The summed E-state index contributed by atoms with van der Waals surface area (Å²) in [5, 5.41) is 13.4. The SMILES string of the molecule is CC(C)c1nnc(-c2ccc(Oc3cc(C(=O)NC4CCN(C5CCOCC5)CC4)c(F)cc3Cn3cccnc3=O)cc2)s1. The first-order chi connectivity index (χ1) is 21.8. The minimum atomic E-state index is -0.681. The molecule has 2 aromatic heterocycles. The first-order valence-electron chi connectivity index (χ1n) is 15.4. The first kappa shape index (κ1) is 31.0. The van der Waals surface area contributed by atoms with Crippen LogP contribution in [0, 0.1) is 5.82 Å². The van der Waals surface area contributed by atoms with Crippen LogP contribution < -0.4 is 15.7 Å². The van der Waals surface area contributed by atoms with Crippen LogP contribution in [0.1, 0.15) is 66.4 Å². The van der Waals surface area contributed by atoms with Gasteiger partial charge >= 0.3 is 5.69 Å². The molecule has 4 aromatic rings. The van der Waals surface area contributed by atoms with Crippen molar-refractivity contribution in [2.75, 3.05) is 26.3 Å². The molecule has 236 valence electrons. The Bertz CT molecular complexity index is 1680. The van der Waals surface area contributed by atoms with Gasteiger partial charge in [-0.15, -0.1) is 10.2 Å². The lowest BCUT2D eigenvalue weighted by atomic mass is 9.99. The van der Waals surface area contributed by atoms with Crippen molar-refractivity contribution in [1.82, 2.24) is 30.0 Å². The van der Waals surface area contributed by atoms with E-state index in [4.69, 9.17) is 9.47 Å². The largest absolute Gasteiger partial charge is 0.457 e. The van der Waals surface area contributed by atoms with E-state index in [2.05, 4.69) is 39.2 Å². The van der Waals surface area contributed by atoms with Gasteiger partial charge in [-0.25, -0.2) is 14.2 Å². The highest BCUT2D eigenvalue weighted by molar-refractivity contribution is 7.14. The molecule has 6 rings (SSSR count). The van der Waals surface area contributed by atoms with Crippen molar-refractivity contribution in [1.29, 1.82) is 0 Å². The summed E-state index contributed by atoms with van der Waals surface area (Å²) >= 11 is 1.54. The van der Waals surface area contributed by atoms with E-state index in [1.54, 1.807) is 35.7 Å². The average molecular weight is 633 g/mol. The number of piperidine rings is 1. The minimum absolute atomic E-state index is 0.0202. The number of carbonyl (C=O) groups is 1. The average Bonchev–Trinajstić information content (AvgIpc) is 3.55. The molecule has 2 fully saturated rings. The molecule has 0 aliphatic carbocycles. The van der Waals surface area contributed by atoms with Crippen molar-refractivity contribution in [2.45, 2.75) is 64.1 Å². The lowest BCUT2D eigenvalue weighted by molar-refractivity contribution is 0.0238. The molecule has 10 nitrogen and oxygen atoms in total. The number of nitrogens with one attached hydrogen (secondary N) is 1. The summed E-state index contributed by atoms with van der Waals surface area (Å²) in [7, 11) is 0. The molecule has 0 atom stereocenters. The quantitative estimate of drug-likeness (QED) is 0.267. The van der Waals surface area contributed by atoms with E-state index in [-0.39, 0.29) is 23.9 Å². The molecule has 0 saturated carbocycles. The highest BCUT2D eigenvalue weighted by Crippen LogP contribution is 2.32. The number of amides is 1.